The molecule has 2 amide bonds. The number of nitrogens with one attached hydrogen (secondary N) is 1. The van der Waals surface area contributed by atoms with E-state index in [1.165, 1.54) is 4.90 Å². The standard InChI is InChI=1S/C8H15N3O2/c1-5(9)8(13)11(2)6-3-4-10-7(6)12/h5-6H,3-4,9H2,1-2H3,(H,10,12)/t5-,6?/m1/s1. The van der Waals surface area contributed by atoms with E-state index in [4.69, 9.17) is 5.73 Å². The second kappa shape index (κ2) is 3.74. The van der Waals surface area contributed by atoms with Crippen LogP contribution in [0, 0.1) is 0 Å². The first-order valence-corrected chi connectivity index (χ1v) is 4.34. The van der Waals surface area contributed by atoms with Crippen LogP contribution < -0.4 is 11.1 Å². The largest absolute Gasteiger partial charge is 0.354 e. The second-order valence-corrected chi connectivity index (χ2v) is 3.33. The molecule has 0 aromatic heterocycles. The van der Waals surface area contributed by atoms with Crippen molar-refractivity contribution in [1.82, 2.24) is 10.2 Å². The van der Waals surface area contributed by atoms with E-state index < -0.39 is 6.04 Å². The van der Waals surface area contributed by atoms with Crippen molar-refractivity contribution in [3.05, 3.63) is 0 Å². The molecule has 1 saturated heterocycles. The number of carbonyl (C=O) groups is 2. The van der Waals surface area contributed by atoms with E-state index in [-0.39, 0.29) is 17.9 Å². The molecule has 0 radical (unpaired) electrons. The lowest BCUT2D eigenvalue weighted by molar-refractivity contribution is -0.138. The summed E-state index contributed by atoms with van der Waals surface area (Å²) in [5, 5.41) is 2.67. The Kier molecular flexibility index (Phi) is 2.87. The lowest BCUT2D eigenvalue weighted by Crippen LogP contribution is -2.47. The maximum Gasteiger partial charge on any atom is 0.242 e. The number of hydrogen-bond donors (Lipinski definition) is 2. The molecule has 2 atom stereocenters. The van der Waals surface area contributed by atoms with Gasteiger partial charge in [-0.15, -0.1) is 0 Å². The number of carbonyl (C=O) groups excluding carboxylic acids is 2. The van der Waals surface area contributed by atoms with Crippen LogP contribution in [0.1, 0.15) is 13.3 Å². The summed E-state index contributed by atoms with van der Waals surface area (Å²) < 4.78 is 0. The van der Waals surface area contributed by atoms with Crippen LogP contribution in [0.4, 0.5) is 0 Å². The van der Waals surface area contributed by atoms with Gasteiger partial charge in [-0.2, -0.15) is 0 Å². The van der Waals surface area contributed by atoms with Gasteiger partial charge in [-0.25, -0.2) is 0 Å². The fraction of sp³-hybridized carbons (Fsp3) is 0.750. The normalized spacial score (nSPS) is 23.9. The molecule has 1 heterocycles. The van der Waals surface area contributed by atoms with Gasteiger partial charge < -0.3 is 16.0 Å². The third-order valence-corrected chi connectivity index (χ3v) is 2.22. The number of nitrogens with zero attached hydrogens (tertiary/aromatic N) is 1. The van der Waals surface area contributed by atoms with Crippen LogP contribution in [-0.2, 0) is 9.59 Å². The van der Waals surface area contributed by atoms with E-state index in [0.29, 0.717) is 13.0 Å². The van der Waals surface area contributed by atoms with Crippen molar-refractivity contribution in [2.45, 2.75) is 25.4 Å². The molecule has 5 heteroatoms. The molecule has 1 aliphatic rings. The molecule has 0 aromatic carbocycles. The maximum absolute atomic E-state index is 11.4. The molecular weight excluding hydrogens is 170 g/mol. The van der Waals surface area contributed by atoms with Gasteiger partial charge in [-0.3, -0.25) is 9.59 Å². The number of nitrogens with two attached hydrogens (primary N) is 1. The molecule has 0 spiro atoms. The van der Waals surface area contributed by atoms with Crippen molar-refractivity contribution >= 4 is 11.8 Å². The highest BCUT2D eigenvalue weighted by Gasteiger charge is 2.31. The van der Waals surface area contributed by atoms with E-state index in [9.17, 15) is 9.59 Å². The van der Waals surface area contributed by atoms with E-state index in [1.54, 1.807) is 14.0 Å². The first-order chi connectivity index (χ1) is 6.04. The Labute approximate surface area is 77.3 Å². The van der Waals surface area contributed by atoms with Crippen molar-refractivity contribution in [3.63, 3.8) is 0 Å². The quantitative estimate of drug-likeness (QED) is 0.560. The number of rotatable bonds is 2. The second-order valence-electron chi connectivity index (χ2n) is 3.33. The molecule has 0 bridgehead atoms. The summed E-state index contributed by atoms with van der Waals surface area (Å²) in [5.41, 5.74) is 5.43. The van der Waals surface area contributed by atoms with Crippen molar-refractivity contribution in [2.75, 3.05) is 13.6 Å². The summed E-state index contributed by atoms with van der Waals surface area (Å²) in [4.78, 5) is 24.0. The summed E-state index contributed by atoms with van der Waals surface area (Å²) in [6.45, 7) is 2.26. The Bertz CT molecular complexity index is 227. The number of likely N-dealkylation sites (N-methyl/N-ethyl adjacent to an activating group) is 1. The van der Waals surface area contributed by atoms with Gasteiger partial charge >= 0.3 is 0 Å². The Morgan fingerprint density at radius 3 is 2.77 bits per heavy atom. The summed E-state index contributed by atoms with van der Waals surface area (Å²) in [6.07, 6.45) is 0.674. The number of hydrogen-bond acceptors (Lipinski definition) is 3. The molecule has 5 nitrogen and oxygen atoms in total. The van der Waals surface area contributed by atoms with Gasteiger partial charge in [0.25, 0.3) is 0 Å². The van der Waals surface area contributed by atoms with E-state index in [1.807, 2.05) is 0 Å². The van der Waals surface area contributed by atoms with E-state index >= 15 is 0 Å². The molecule has 1 rings (SSSR count). The zero-order valence-electron chi connectivity index (χ0n) is 7.91. The van der Waals surface area contributed by atoms with Crippen molar-refractivity contribution in [1.29, 1.82) is 0 Å². The lowest BCUT2D eigenvalue weighted by atomic mass is 10.2. The number of amides is 2. The Morgan fingerprint density at radius 1 is 1.77 bits per heavy atom. The van der Waals surface area contributed by atoms with Crippen LogP contribution in [0.15, 0.2) is 0 Å². The molecule has 1 aliphatic heterocycles. The van der Waals surface area contributed by atoms with Gasteiger partial charge in [0.05, 0.1) is 6.04 Å². The monoisotopic (exact) mass is 185 g/mol. The van der Waals surface area contributed by atoms with Crippen LogP contribution in [0.2, 0.25) is 0 Å². The summed E-state index contributed by atoms with van der Waals surface area (Å²) >= 11 is 0. The highest BCUT2D eigenvalue weighted by molar-refractivity contribution is 5.90. The molecule has 0 aliphatic carbocycles. The zero-order chi connectivity index (χ0) is 10.0. The fourth-order valence-electron chi connectivity index (χ4n) is 1.43. The van der Waals surface area contributed by atoms with Gasteiger partial charge in [0.2, 0.25) is 11.8 Å². The predicted molar refractivity (Wildman–Crippen MR) is 47.8 cm³/mol. The average molecular weight is 185 g/mol. The molecule has 1 unspecified atom stereocenters. The fourth-order valence-corrected chi connectivity index (χ4v) is 1.43. The minimum Gasteiger partial charge on any atom is -0.354 e. The molecule has 13 heavy (non-hydrogen) atoms. The van der Waals surface area contributed by atoms with E-state index in [2.05, 4.69) is 5.32 Å². The van der Waals surface area contributed by atoms with Crippen molar-refractivity contribution < 1.29 is 9.59 Å². The van der Waals surface area contributed by atoms with Crippen molar-refractivity contribution in [2.24, 2.45) is 5.73 Å². The van der Waals surface area contributed by atoms with Gasteiger partial charge in [-0.1, -0.05) is 0 Å². The predicted octanol–water partition coefficient (Wildman–Crippen LogP) is -1.32. The Balaban J connectivity index is 2.61. The third-order valence-electron chi connectivity index (χ3n) is 2.22. The molecule has 0 aromatic rings. The Morgan fingerprint density at radius 2 is 2.38 bits per heavy atom. The van der Waals surface area contributed by atoms with Crippen LogP contribution in [0.25, 0.3) is 0 Å². The minimum absolute atomic E-state index is 0.0866. The van der Waals surface area contributed by atoms with Gasteiger partial charge in [-0.05, 0) is 13.3 Å². The lowest BCUT2D eigenvalue weighted by Gasteiger charge is -2.23. The topological polar surface area (TPSA) is 75.4 Å². The minimum atomic E-state index is -0.543. The average Bonchev–Trinajstić information content (AvgIpc) is 2.48. The zero-order valence-corrected chi connectivity index (χ0v) is 7.91. The molecule has 74 valence electrons. The van der Waals surface area contributed by atoms with Crippen LogP contribution in [-0.4, -0.2) is 42.4 Å². The van der Waals surface area contributed by atoms with Gasteiger partial charge in [0.1, 0.15) is 6.04 Å². The third kappa shape index (κ3) is 1.98. The van der Waals surface area contributed by atoms with Gasteiger partial charge in [0.15, 0.2) is 0 Å². The first-order valence-electron chi connectivity index (χ1n) is 4.34. The molecule has 0 saturated carbocycles. The van der Waals surface area contributed by atoms with Gasteiger partial charge in [0, 0.05) is 13.6 Å². The summed E-state index contributed by atoms with van der Waals surface area (Å²) in [7, 11) is 1.61. The van der Waals surface area contributed by atoms with Crippen LogP contribution >= 0.6 is 0 Å². The summed E-state index contributed by atoms with van der Waals surface area (Å²) in [5.74, 6) is -0.279. The molecule has 1 fully saturated rings. The smallest absolute Gasteiger partial charge is 0.242 e. The summed E-state index contributed by atoms with van der Waals surface area (Å²) in [6, 6.07) is -0.878. The SMILES string of the molecule is C[C@@H](N)C(=O)N(C)C1CCNC1=O. The molecule has 3 N–H and O–H groups in total. The highest BCUT2D eigenvalue weighted by atomic mass is 16.2. The maximum atomic E-state index is 11.4. The Hall–Kier alpha value is -1.10. The highest BCUT2D eigenvalue weighted by Crippen LogP contribution is 2.08. The van der Waals surface area contributed by atoms with Crippen LogP contribution in [0.5, 0.6) is 0 Å². The van der Waals surface area contributed by atoms with Crippen LogP contribution in [0.3, 0.4) is 0 Å². The van der Waals surface area contributed by atoms with Crippen molar-refractivity contribution in [3.8, 4) is 0 Å². The molecular formula is C8H15N3O2. The first kappa shape index (κ1) is 9.98. The van der Waals surface area contributed by atoms with E-state index in [0.717, 1.165) is 0 Å².